The average Bonchev–Trinajstić information content (AvgIpc) is 2.70. The van der Waals surface area contributed by atoms with Crippen LogP contribution in [0.5, 0.6) is 0 Å². The average molecular weight is 418 g/mol. The van der Waals surface area contributed by atoms with Crippen LogP contribution in [-0.2, 0) is 5.41 Å². The van der Waals surface area contributed by atoms with Crippen molar-refractivity contribution in [3.63, 3.8) is 0 Å². The molecule has 1 aromatic heterocycles. The van der Waals surface area contributed by atoms with Gasteiger partial charge in [-0.1, -0.05) is 45.0 Å². The summed E-state index contributed by atoms with van der Waals surface area (Å²) in [5.74, 6) is 5.75. The molecule has 1 aromatic carbocycles. The number of hydrogen-bond acceptors (Lipinski definition) is 3. The summed E-state index contributed by atoms with van der Waals surface area (Å²) in [6.45, 7) is 6.65. The van der Waals surface area contributed by atoms with Gasteiger partial charge in [-0.15, -0.1) is 11.3 Å². The van der Waals surface area contributed by atoms with E-state index in [4.69, 9.17) is 5.84 Å². The second-order valence-electron chi connectivity index (χ2n) is 5.74. The number of nitrogens with one attached hydrogen (secondary N) is 1. The molecule has 0 aliphatic carbocycles. The fraction of sp³-hybridized carbons (Fsp3) is 0.333. The maximum Gasteiger partial charge on any atom is 0.0843 e. The van der Waals surface area contributed by atoms with Crippen molar-refractivity contribution in [1.82, 2.24) is 5.43 Å². The molecule has 0 aliphatic heterocycles. The molecule has 1 atom stereocenters. The lowest BCUT2D eigenvalue weighted by Crippen LogP contribution is -2.28. The van der Waals surface area contributed by atoms with Crippen LogP contribution in [0.15, 0.2) is 38.6 Å². The number of hydrogen-bond donors (Lipinski definition) is 2. The predicted octanol–water partition coefficient (Wildman–Crippen LogP) is 5.12. The van der Waals surface area contributed by atoms with Gasteiger partial charge in [-0.3, -0.25) is 5.84 Å². The molecule has 0 saturated heterocycles. The molecule has 1 unspecified atom stereocenters. The van der Waals surface area contributed by atoms with Crippen LogP contribution in [0.3, 0.4) is 0 Å². The molecular weight excluding hydrogens is 400 g/mol. The Morgan fingerprint density at radius 2 is 1.75 bits per heavy atom. The van der Waals surface area contributed by atoms with Crippen LogP contribution in [0.2, 0.25) is 0 Å². The van der Waals surface area contributed by atoms with Crippen molar-refractivity contribution in [1.29, 1.82) is 0 Å². The zero-order chi connectivity index (χ0) is 14.9. The lowest BCUT2D eigenvalue weighted by Gasteiger charge is -2.21. The Kier molecular flexibility index (Phi) is 5.08. The van der Waals surface area contributed by atoms with Crippen molar-refractivity contribution in [2.45, 2.75) is 32.2 Å². The number of benzene rings is 1. The molecule has 3 N–H and O–H groups in total. The van der Waals surface area contributed by atoms with Crippen LogP contribution in [0.4, 0.5) is 0 Å². The molecule has 20 heavy (non-hydrogen) atoms. The van der Waals surface area contributed by atoms with Crippen molar-refractivity contribution in [2.24, 2.45) is 5.84 Å². The highest BCUT2D eigenvalue weighted by atomic mass is 79.9. The van der Waals surface area contributed by atoms with Gasteiger partial charge < -0.3 is 0 Å². The van der Waals surface area contributed by atoms with Gasteiger partial charge in [-0.05, 0) is 54.5 Å². The van der Waals surface area contributed by atoms with Gasteiger partial charge in [-0.2, -0.15) is 0 Å². The SMILES string of the molecule is CC(C)(C)c1ccc(C(NN)c2cc(Br)c(Br)s2)cc1. The molecule has 0 radical (unpaired) electrons. The van der Waals surface area contributed by atoms with Gasteiger partial charge in [0.2, 0.25) is 0 Å². The second kappa shape index (κ2) is 6.28. The predicted molar refractivity (Wildman–Crippen MR) is 94.0 cm³/mol. The Morgan fingerprint density at radius 1 is 1.15 bits per heavy atom. The fourth-order valence-electron chi connectivity index (χ4n) is 2.02. The van der Waals surface area contributed by atoms with Crippen molar-refractivity contribution in [3.05, 3.63) is 54.6 Å². The maximum absolute atomic E-state index is 5.75. The summed E-state index contributed by atoms with van der Waals surface area (Å²) < 4.78 is 2.14. The Bertz CT molecular complexity index is 565. The number of rotatable bonds is 3. The molecule has 5 heteroatoms. The molecule has 0 bridgehead atoms. The summed E-state index contributed by atoms with van der Waals surface area (Å²) in [7, 11) is 0. The summed E-state index contributed by atoms with van der Waals surface area (Å²) >= 11 is 8.72. The van der Waals surface area contributed by atoms with E-state index in [1.165, 1.54) is 16.0 Å². The Hall–Kier alpha value is -0.200. The lowest BCUT2D eigenvalue weighted by molar-refractivity contribution is 0.588. The van der Waals surface area contributed by atoms with Gasteiger partial charge in [0.05, 0.1) is 9.83 Å². The first-order chi connectivity index (χ1) is 9.32. The first-order valence-corrected chi connectivity index (χ1v) is 8.74. The highest BCUT2D eigenvalue weighted by Crippen LogP contribution is 2.37. The number of thiophene rings is 1. The lowest BCUT2D eigenvalue weighted by atomic mass is 9.86. The molecular formula is C15H18Br2N2S. The zero-order valence-corrected chi connectivity index (χ0v) is 15.7. The maximum atomic E-state index is 5.75. The number of hydrazine groups is 1. The van der Waals surface area contributed by atoms with E-state index in [2.05, 4.69) is 88.4 Å². The van der Waals surface area contributed by atoms with Gasteiger partial charge >= 0.3 is 0 Å². The molecule has 2 nitrogen and oxygen atoms in total. The summed E-state index contributed by atoms with van der Waals surface area (Å²) in [4.78, 5) is 1.18. The molecule has 1 heterocycles. The molecule has 0 saturated carbocycles. The molecule has 0 fully saturated rings. The second-order valence-corrected chi connectivity index (χ2v) is 9.00. The third kappa shape index (κ3) is 3.52. The number of halogens is 2. The quantitative estimate of drug-likeness (QED) is 0.536. The first kappa shape index (κ1) is 16.2. The van der Waals surface area contributed by atoms with Crippen molar-refractivity contribution < 1.29 is 0 Å². The van der Waals surface area contributed by atoms with Crippen LogP contribution in [0, 0.1) is 0 Å². The smallest absolute Gasteiger partial charge is 0.0843 e. The topological polar surface area (TPSA) is 38.0 Å². The first-order valence-electron chi connectivity index (χ1n) is 6.34. The van der Waals surface area contributed by atoms with E-state index in [9.17, 15) is 0 Å². The summed E-state index contributed by atoms with van der Waals surface area (Å²) in [5, 5.41) is 0. The molecule has 2 aromatic rings. The van der Waals surface area contributed by atoms with Crippen molar-refractivity contribution in [2.75, 3.05) is 0 Å². The Morgan fingerprint density at radius 3 is 2.15 bits per heavy atom. The minimum absolute atomic E-state index is 0.0108. The van der Waals surface area contributed by atoms with Gasteiger partial charge in [0.25, 0.3) is 0 Å². The summed E-state index contributed by atoms with van der Waals surface area (Å²) in [6.07, 6.45) is 0. The summed E-state index contributed by atoms with van der Waals surface area (Å²) in [5.41, 5.74) is 5.56. The van der Waals surface area contributed by atoms with Gasteiger partial charge in [0, 0.05) is 9.35 Å². The minimum Gasteiger partial charge on any atom is -0.271 e. The third-order valence-electron chi connectivity index (χ3n) is 3.23. The van der Waals surface area contributed by atoms with E-state index >= 15 is 0 Å². The number of nitrogens with two attached hydrogens (primary N) is 1. The molecule has 0 amide bonds. The normalized spacial score (nSPS) is 13.5. The van der Waals surface area contributed by atoms with E-state index < -0.39 is 0 Å². The fourth-order valence-corrected chi connectivity index (χ4v) is 4.20. The highest BCUT2D eigenvalue weighted by Gasteiger charge is 2.18. The van der Waals surface area contributed by atoms with Gasteiger partial charge in [-0.25, -0.2) is 5.43 Å². The monoisotopic (exact) mass is 416 g/mol. The molecule has 0 aliphatic rings. The van der Waals surface area contributed by atoms with E-state index in [0.717, 1.165) is 8.26 Å². The van der Waals surface area contributed by atoms with Crippen LogP contribution in [0.25, 0.3) is 0 Å². The van der Waals surface area contributed by atoms with E-state index in [-0.39, 0.29) is 11.5 Å². The summed E-state index contributed by atoms with van der Waals surface area (Å²) in [6, 6.07) is 10.8. The van der Waals surface area contributed by atoms with E-state index in [0.29, 0.717) is 0 Å². The van der Waals surface area contributed by atoms with Crippen molar-refractivity contribution in [3.8, 4) is 0 Å². The van der Waals surface area contributed by atoms with Crippen LogP contribution in [0.1, 0.15) is 42.8 Å². The van der Waals surface area contributed by atoms with Crippen LogP contribution >= 0.6 is 43.2 Å². The Balaban J connectivity index is 2.33. The standard InChI is InChI=1S/C15H18Br2N2S/c1-15(2,3)10-6-4-9(5-7-10)13(19-18)12-8-11(16)14(17)20-12/h4-8,13,19H,18H2,1-3H3. The van der Waals surface area contributed by atoms with Gasteiger partial charge in [0.1, 0.15) is 0 Å². The largest absolute Gasteiger partial charge is 0.271 e. The zero-order valence-electron chi connectivity index (χ0n) is 11.7. The minimum atomic E-state index is 0.0108. The van der Waals surface area contributed by atoms with Crippen LogP contribution < -0.4 is 11.3 Å². The van der Waals surface area contributed by atoms with E-state index in [1.807, 2.05) is 0 Å². The molecule has 2 rings (SSSR count). The highest BCUT2D eigenvalue weighted by molar-refractivity contribution is 9.13. The Labute approximate surface area is 141 Å². The molecule has 108 valence electrons. The van der Waals surface area contributed by atoms with Crippen LogP contribution in [-0.4, -0.2) is 0 Å². The van der Waals surface area contributed by atoms with Gasteiger partial charge in [0.15, 0.2) is 0 Å². The van der Waals surface area contributed by atoms with Crippen molar-refractivity contribution >= 4 is 43.2 Å². The van der Waals surface area contributed by atoms with E-state index in [1.54, 1.807) is 11.3 Å². The molecule has 0 spiro atoms. The third-order valence-corrected chi connectivity index (χ3v) is 6.55.